The number of hydrogen-bond donors (Lipinski definition) is 0. The van der Waals surface area contributed by atoms with Gasteiger partial charge in [0.15, 0.2) is 140 Å². The van der Waals surface area contributed by atoms with Gasteiger partial charge in [0.2, 0.25) is 34.9 Å². The van der Waals surface area contributed by atoms with Gasteiger partial charge in [0.05, 0.1) is 78.9 Å². The van der Waals surface area contributed by atoms with Crippen LogP contribution in [0.15, 0.2) is 48.5 Å². The molecular formula is C76H16F30N8Zn2. The molecule has 10 heterocycles. The first-order valence-corrected chi connectivity index (χ1v) is 31.3. The maximum atomic E-state index is 16.7. The van der Waals surface area contributed by atoms with Gasteiger partial charge >= 0.3 is 39.0 Å². The predicted octanol–water partition coefficient (Wildman–Crippen LogP) is 22.0. The minimum absolute atomic E-state index is 0. The number of fused-ring (bicyclic) bond motifs is 16. The monoisotopic (exact) mass is 1740 g/mol. The van der Waals surface area contributed by atoms with Crippen molar-refractivity contribution in [3.8, 4) is 77.9 Å². The summed E-state index contributed by atoms with van der Waals surface area (Å²) in [4.78, 5) is 33.6. The average molecular weight is 1740 g/mol. The number of nitrogens with zero attached hydrogens (tertiary/aromatic N) is 8. The fourth-order valence-electron chi connectivity index (χ4n) is 13.2. The van der Waals surface area contributed by atoms with Crippen molar-refractivity contribution in [2.75, 3.05) is 0 Å². The van der Waals surface area contributed by atoms with E-state index in [9.17, 15) is 8.78 Å². The summed E-state index contributed by atoms with van der Waals surface area (Å²) in [5, 5.41) is 0. The molecule has 0 spiro atoms. The molecule has 0 N–H and O–H groups in total. The molecule has 6 aromatic heterocycles. The number of rotatable bonds is 7. The molecule has 16 bridgehead atoms. The third-order valence-electron chi connectivity index (χ3n) is 18.2. The normalized spacial score (nSPS) is 12.3. The molecule has 0 radical (unpaired) electrons. The molecule has 116 heavy (non-hydrogen) atoms. The summed E-state index contributed by atoms with van der Waals surface area (Å²) in [6, 6.07) is 4.55. The van der Waals surface area contributed by atoms with Gasteiger partial charge in [-0.1, -0.05) is 48.5 Å². The average Bonchev–Trinajstić information content (AvgIpc) is 1.54. The number of halogens is 30. The van der Waals surface area contributed by atoms with Gasteiger partial charge in [-0.2, -0.15) is 0 Å². The second kappa shape index (κ2) is 28.9. The first kappa shape index (κ1) is 80.3. The Morgan fingerprint density at radius 3 is 0.319 bits per heavy atom. The van der Waals surface area contributed by atoms with Crippen LogP contribution in [0.2, 0.25) is 0 Å². The van der Waals surface area contributed by atoms with Crippen molar-refractivity contribution in [3.63, 3.8) is 0 Å². The second-order valence-electron chi connectivity index (χ2n) is 24.4. The molecular weight excluding hydrogens is 1730 g/mol. The van der Waals surface area contributed by atoms with Gasteiger partial charge in [-0.25, -0.2) is 152 Å². The minimum Gasteiger partial charge on any atom is -0.657 e. The van der Waals surface area contributed by atoms with Gasteiger partial charge in [0.1, 0.15) is 0 Å². The largest absolute Gasteiger partial charge is 2.00 e. The number of aromatic nitrogens is 8. The third kappa shape index (κ3) is 11.8. The SMILES string of the molecule is Fc1c(F)c(F)c(-c2c3nc(c(-c4c(F)c(F)c(F)c(F)c4F)c4ccc([n-]4)c(-c4c5nc(c(-c6c(F)c(F)c(F)c(F)c6F)c6ccc([n-]6)c(-c6c(F)c(F)c(F)c(F)c6F)c6nc(c(-c7c(F)c(F)c(F)c(F)c7F)c7ccc4[n-]7)C=C6)C=C5)c4nc(c(-c5c(F)c(F)c(F)c(F)c5F)c5ccc2[n-]5)C=C4)C=C3)c(F)c1F.[Zn+2].[Zn+2]. The number of hydrogen-bond acceptors (Lipinski definition) is 4. The summed E-state index contributed by atoms with van der Waals surface area (Å²) in [6.07, 6.45) is 4.55. The van der Waals surface area contributed by atoms with E-state index in [0.717, 1.165) is 0 Å². The van der Waals surface area contributed by atoms with E-state index in [4.69, 9.17) is 0 Å². The van der Waals surface area contributed by atoms with Crippen molar-refractivity contribution < 1.29 is 171 Å². The maximum absolute atomic E-state index is 16.7. The summed E-state index contributed by atoms with van der Waals surface area (Å²) in [5.41, 5.74) is -40.9. The van der Waals surface area contributed by atoms with Crippen LogP contribution in [-0.2, 0) is 39.0 Å². The first-order valence-electron chi connectivity index (χ1n) is 31.3. The van der Waals surface area contributed by atoms with E-state index in [-0.39, 0.29) is 39.0 Å². The van der Waals surface area contributed by atoms with Crippen molar-refractivity contribution in [2.45, 2.75) is 0 Å². The molecule has 16 rings (SSSR count). The zero-order valence-corrected chi connectivity index (χ0v) is 61.5. The fraction of sp³-hybridized carbons (Fsp3) is 0. The molecule has 0 fully saturated rings. The van der Waals surface area contributed by atoms with Crippen LogP contribution in [0, 0.1) is 175 Å². The Kier molecular flexibility index (Phi) is 20.0. The Labute approximate surface area is 646 Å². The van der Waals surface area contributed by atoms with Gasteiger partial charge in [-0.3, -0.25) is 0 Å². The van der Waals surface area contributed by atoms with E-state index in [1.165, 1.54) is 0 Å². The maximum Gasteiger partial charge on any atom is 2.00 e. The third-order valence-corrected chi connectivity index (χ3v) is 18.2. The molecule has 0 saturated carbocycles. The molecule has 574 valence electrons. The molecule has 0 unspecified atom stereocenters. The van der Waals surface area contributed by atoms with Crippen molar-refractivity contribution in [1.29, 1.82) is 0 Å². The zero-order valence-electron chi connectivity index (χ0n) is 55.6. The predicted molar refractivity (Wildman–Crippen MR) is 344 cm³/mol. The quantitative estimate of drug-likeness (QED) is 0.0672. The van der Waals surface area contributed by atoms with E-state index in [1.54, 1.807) is 0 Å². The van der Waals surface area contributed by atoms with E-state index < -0.39 is 342 Å². The Bertz CT molecular complexity index is 6290. The summed E-state index contributed by atoms with van der Waals surface area (Å²) < 4.78 is 477. The van der Waals surface area contributed by atoms with Crippen LogP contribution in [0.4, 0.5) is 132 Å². The molecule has 4 aliphatic heterocycles. The smallest absolute Gasteiger partial charge is 0.657 e. The van der Waals surface area contributed by atoms with Crippen molar-refractivity contribution >= 4 is 92.7 Å². The standard InChI is InChI=1S/C76H16F30N8.2Zn/c77-47-41(48(78)60(90)71(101)59(47)89)35-21-5-1-17(107-21)33(18-2-6-22(108-18)36(42-49(79)61(91)72(102)62(92)50(42)80)26-10-14-30(112-26)39(29-13-9-25(35)111-29)45-55(85)67(97)75(105)68(98)56(45)86)34-19-3-7-23(109-19)37(43-51(81)63(93)73(103)64(94)52(43)82)27-11-15-31(113-27)40(46-57(87)69(99)76(106)70(100)58(46)88)32-16-12-28(114-32)38(24-8-4-20(34)110-24)44-53(83)65(95)74(104)66(96)54(44)84;;/h1-16H;;/q-4;2*+2. The van der Waals surface area contributed by atoms with Crippen LogP contribution in [0.1, 0.15) is 45.6 Å². The van der Waals surface area contributed by atoms with E-state index in [0.29, 0.717) is 97.1 Å². The van der Waals surface area contributed by atoms with E-state index >= 15 is 123 Å². The van der Waals surface area contributed by atoms with Crippen LogP contribution in [0.3, 0.4) is 0 Å². The Hall–Kier alpha value is -12.3. The van der Waals surface area contributed by atoms with Crippen LogP contribution in [0.25, 0.3) is 171 Å². The van der Waals surface area contributed by atoms with Gasteiger partial charge in [0, 0.05) is 0 Å². The zero-order chi connectivity index (χ0) is 81.6. The molecule has 12 aromatic rings. The Morgan fingerprint density at radius 1 is 0.129 bits per heavy atom. The molecule has 4 aliphatic rings. The van der Waals surface area contributed by atoms with Gasteiger partial charge in [-0.15, -0.1) is 44.1 Å². The van der Waals surface area contributed by atoms with Crippen LogP contribution >= 0.6 is 0 Å². The van der Waals surface area contributed by atoms with Crippen LogP contribution in [0.5, 0.6) is 0 Å². The molecule has 0 aliphatic carbocycles. The molecule has 0 atom stereocenters. The molecule has 0 amide bonds. The first-order chi connectivity index (χ1) is 54.1. The number of benzene rings is 6. The molecule has 40 heteroatoms. The molecule has 6 aromatic carbocycles. The summed E-state index contributed by atoms with van der Waals surface area (Å²) >= 11 is 0. The molecule has 8 nitrogen and oxygen atoms in total. The second-order valence-corrected chi connectivity index (χ2v) is 24.4. The van der Waals surface area contributed by atoms with Crippen LogP contribution in [-0.4, -0.2) is 19.9 Å². The van der Waals surface area contributed by atoms with Crippen molar-refractivity contribution in [3.05, 3.63) is 269 Å². The summed E-state index contributed by atoms with van der Waals surface area (Å²) in [6.45, 7) is 0. The Morgan fingerprint density at radius 2 is 0.216 bits per heavy atom. The van der Waals surface area contributed by atoms with Crippen molar-refractivity contribution in [1.82, 2.24) is 39.9 Å². The van der Waals surface area contributed by atoms with Crippen LogP contribution < -0.4 is 19.9 Å². The summed E-state index contributed by atoms with van der Waals surface area (Å²) in [7, 11) is 0. The fourth-order valence-corrected chi connectivity index (χ4v) is 13.2. The van der Waals surface area contributed by atoms with E-state index in [2.05, 4.69) is 39.9 Å². The van der Waals surface area contributed by atoms with Crippen molar-refractivity contribution in [2.24, 2.45) is 0 Å². The molecule has 0 saturated heterocycles. The van der Waals surface area contributed by atoms with E-state index in [1.807, 2.05) is 0 Å². The Balaban J connectivity index is 0.00000555. The summed E-state index contributed by atoms with van der Waals surface area (Å²) in [5.74, 6) is -83.0. The minimum atomic E-state index is -2.84. The topological polar surface area (TPSA) is 108 Å². The van der Waals surface area contributed by atoms with Gasteiger partial charge in [-0.05, 0) is 93.1 Å². The van der Waals surface area contributed by atoms with Gasteiger partial charge < -0.3 is 19.9 Å². The van der Waals surface area contributed by atoms with Gasteiger partial charge in [0.25, 0.3) is 0 Å².